The monoisotopic (exact) mass is 378 g/mol. The number of nitrogens with zero attached hydrogens (tertiary/aromatic N) is 4. The lowest BCUT2D eigenvalue weighted by Crippen LogP contribution is -2.28. The van der Waals surface area contributed by atoms with Crippen molar-refractivity contribution in [3.63, 3.8) is 0 Å². The zero-order valence-electron chi connectivity index (χ0n) is 15.1. The van der Waals surface area contributed by atoms with Crippen LogP contribution in [-0.4, -0.2) is 37.9 Å². The van der Waals surface area contributed by atoms with Crippen molar-refractivity contribution >= 4 is 18.1 Å². The van der Waals surface area contributed by atoms with E-state index in [2.05, 4.69) is 25.6 Å². The predicted molar refractivity (Wildman–Crippen MR) is 99.9 cm³/mol. The number of H-pyrrole nitrogens is 1. The van der Waals surface area contributed by atoms with Crippen molar-refractivity contribution in [2.75, 3.05) is 13.1 Å². The number of fused-ring (bicyclic) bond motifs is 1. The summed E-state index contributed by atoms with van der Waals surface area (Å²) in [5, 5.41) is 16.1. The van der Waals surface area contributed by atoms with E-state index in [0.29, 0.717) is 28.9 Å². The Kier molecular flexibility index (Phi) is 4.90. The Hall–Kier alpha value is -2.19. The van der Waals surface area contributed by atoms with Gasteiger partial charge >= 0.3 is 0 Å². The smallest absolute Gasteiger partial charge is 0.253 e. The van der Waals surface area contributed by atoms with E-state index in [1.54, 1.807) is 16.8 Å². The average molecular weight is 379 g/mol. The molecule has 0 aromatic carbocycles. The second-order valence-corrected chi connectivity index (χ2v) is 7.56. The fourth-order valence-corrected chi connectivity index (χ4v) is 3.21. The summed E-state index contributed by atoms with van der Waals surface area (Å²) in [6.45, 7) is 7.93. The Morgan fingerprint density at radius 1 is 1.23 bits per heavy atom. The standard InChI is InChI=1S/C17H22N6O2.ClH/c1-17(2,3)16-22-21-15(25-16)11-9-19-23-12(8-13(24)20-14(11)23)10-4-6-18-7-5-10;/h8-10,18H,4-7H2,1-3H3,(H,20,24);1H. The van der Waals surface area contributed by atoms with Crippen LogP contribution in [0.3, 0.4) is 0 Å². The predicted octanol–water partition coefficient (Wildman–Crippen LogP) is 2.26. The van der Waals surface area contributed by atoms with Crippen LogP contribution in [0.1, 0.15) is 51.1 Å². The normalized spacial score (nSPS) is 16.0. The summed E-state index contributed by atoms with van der Waals surface area (Å²) in [5.41, 5.74) is 1.81. The van der Waals surface area contributed by atoms with Crippen molar-refractivity contribution < 1.29 is 4.42 Å². The van der Waals surface area contributed by atoms with E-state index in [1.807, 2.05) is 20.8 Å². The van der Waals surface area contributed by atoms with Crippen LogP contribution in [0.4, 0.5) is 0 Å². The summed E-state index contributed by atoms with van der Waals surface area (Å²) in [4.78, 5) is 15.1. The molecule has 0 bridgehead atoms. The van der Waals surface area contributed by atoms with E-state index in [0.717, 1.165) is 31.6 Å². The number of aromatic nitrogens is 5. The van der Waals surface area contributed by atoms with Crippen LogP contribution in [0.15, 0.2) is 21.5 Å². The van der Waals surface area contributed by atoms with E-state index < -0.39 is 0 Å². The third-order valence-corrected chi connectivity index (χ3v) is 4.59. The highest BCUT2D eigenvalue weighted by molar-refractivity contribution is 5.85. The maximum absolute atomic E-state index is 12.2. The van der Waals surface area contributed by atoms with Crippen LogP contribution in [0, 0.1) is 0 Å². The molecule has 4 rings (SSSR count). The molecular weight excluding hydrogens is 356 g/mol. The van der Waals surface area contributed by atoms with Crippen molar-refractivity contribution in [2.45, 2.75) is 44.9 Å². The maximum atomic E-state index is 12.2. The number of hydrogen-bond donors (Lipinski definition) is 2. The molecule has 8 nitrogen and oxygen atoms in total. The molecule has 26 heavy (non-hydrogen) atoms. The first-order valence-corrected chi connectivity index (χ1v) is 8.59. The molecule has 3 aromatic heterocycles. The minimum Gasteiger partial charge on any atom is -0.420 e. The van der Waals surface area contributed by atoms with E-state index >= 15 is 0 Å². The molecule has 0 unspecified atom stereocenters. The number of piperidine rings is 1. The molecule has 9 heteroatoms. The van der Waals surface area contributed by atoms with E-state index in [1.165, 1.54) is 0 Å². The zero-order chi connectivity index (χ0) is 17.6. The van der Waals surface area contributed by atoms with Crippen molar-refractivity contribution in [3.8, 4) is 11.5 Å². The van der Waals surface area contributed by atoms with Crippen molar-refractivity contribution in [1.82, 2.24) is 30.1 Å². The lowest BCUT2D eigenvalue weighted by atomic mass is 9.94. The molecule has 1 aliphatic rings. The van der Waals surface area contributed by atoms with Crippen molar-refractivity contribution in [3.05, 3.63) is 34.2 Å². The first kappa shape index (κ1) is 18.6. The highest BCUT2D eigenvalue weighted by Crippen LogP contribution is 2.29. The summed E-state index contributed by atoms with van der Waals surface area (Å²) in [6.07, 6.45) is 3.65. The molecule has 140 valence electrons. The van der Waals surface area contributed by atoms with Crippen LogP contribution in [0.25, 0.3) is 17.1 Å². The van der Waals surface area contributed by atoms with Crippen LogP contribution < -0.4 is 10.9 Å². The molecule has 1 fully saturated rings. The number of halogens is 1. The lowest BCUT2D eigenvalue weighted by Gasteiger charge is -2.23. The number of nitrogens with one attached hydrogen (secondary N) is 2. The number of aromatic amines is 1. The molecule has 0 aliphatic carbocycles. The van der Waals surface area contributed by atoms with Crippen molar-refractivity contribution in [1.29, 1.82) is 0 Å². The molecule has 2 N–H and O–H groups in total. The maximum Gasteiger partial charge on any atom is 0.253 e. The Bertz CT molecular complexity index is 962. The molecule has 4 heterocycles. The molecule has 1 aliphatic heterocycles. The number of hydrogen-bond acceptors (Lipinski definition) is 6. The van der Waals surface area contributed by atoms with Gasteiger partial charge in [0.1, 0.15) is 11.2 Å². The third kappa shape index (κ3) is 3.26. The van der Waals surface area contributed by atoms with Gasteiger partial charge in [0.2, 0.25) is 5.89 Å². The van der Waals surface area contributed by atoms with Gasteiger partial charge in [0.15, 0.2) is 0 Å². The molecule has 0 saturated carbocycles. The van der Waals surface area contributed by atoms with Gasteiger partial charge in [-0.2, -0.15) is 5.10 Å². The van der Waals surface area contributed by atoms with Gasteiger partial charge in [-0.05, 0) is 25.9 Å². The summed E-state index contributed by atoms with van der Waals surface area (Å²) in [6, 6.07) is 1.65. The first-order valence-electron chi connectivity index (χ1n) is 8.59. The highest BCUT2D eigenvalue weighted by atomic mass is 35.5. The molecule has 1 saturated heterocycles. The summed E-state index contributed by atoms with van der Waals surface area (Å²) < 4.78 is 7.62. The van der Waals surface area contributed by atoms with Crippen LogP contribution >= 0.6 is 12.4 Å². The van der Waals surface area contributed by atoms with Crippen LogP contribution in [0.2, 0.25) is 0 Å². The highest BCUT2D eigenvalue weighted by Gasteiger charge is 2.25. The van der Waals surface area contributed by atoms with E-state index in [4.69, 9.17) is 4.42 Å². The van der Waals surface area contributed by atoms with Crippen LogP contribution in [0.5, 0.6) is 0 Å². The second kappa shape index (κ2) is 6.85. The molecule has 0 atom stereocenters. The van der Waals surface area contributed by atoms with E-state index in [-0.39, 0.29) is 23.4 Å². The molecule has 3 aromatic rings. The van der Waals surface area contributed by atoms with Gasteiger partial charge in [-0.25, -0.2) is 4.52 Å². The Labute approximate surface area is 156 Å². The van der Waals surface area contributed by atoms with E-state index in [9.17, 15) is 4.79 Å². The first-order chi connectivity index (χ1) is 11.9. The fraction of sp³-hybridized carbons (Fsp3) is 0.529. The topological polar surface area (TPSA) is 101 Å². The van der Waals surface area contributed by atoms with Gasteiger partial charge in [-0.1, -0.05) is 20.8 Å². The molecule has 0 radical (unpaired) electrons. The molecular formula is C17H23ClN6O2. The van der Waals surface area contributed by atoms with Gasteiger partial charge in [0, 0.05) is 17.4 Å². The third-order valence-electron chi connectivity index (χ3n) is 4.59. The zero-order valence-corrected chi connectivity index (χ0v) is 15.9. The average Bonchev–Trinajstić information content (AvgIpc) is 3.21. The van der Waals surface area contributed by atoms with Gasteiger partial charge in [-0.15, -0.1) is 22.6 Å². The fourth-order valence-electron chi connectivity index (χ4n) is 3.21. The molecule has 0 spiro atoms. The minimum atomic E-state index is -0.234. The minimum absolute atomic E-state index is 0. The number of rotatable bonds is 2. The lowest BCUT2D eigenvalue weighted by molar-refractivity contribution is 0.399. The summed E-state index contributed by atoms with van der Waals surface area (Å²) >= 11 is 0. The SMILES string of the molecule is CC(C)(C)c1nnc(-c2cnn3c(C4CCNCC4)cc(=O)[nH]c23)o1.Cl. The Morgan fingerprint density at radius 3 is 2.62 bits per heavy atom. The van der Waals surface area contributed by atoms with Crippen LogP contribution in [-0.2, 0) is 5.41 Å². The molecule has 0 amide bonds. The van der Waals surface area contributed by atoms with Gasteiger partial charge in [0.05, 0.1) is 11.9 Å². The Morgan fingerprint density at radius 2 is 1.96 bits per heavy atom. The summed E-state index contributed by atoms with van der Waals surface area (Å²) in [7, 11) is 0. The van der Waals surface area contributed by atoms with Gasteiger partial charge in [-0.3, -0.25) is 4.79 Å². The second-order valence-electron chi connectivity index (χ2n) is 7.56. The van der Waals surface area contributed by atoms with Gasteiger partial charge in [0.25, 0.3) is 11.4 Å². The Balaban J connectivity index is 0.00000196. The largest absolute Gasteiger partial charge is 0.420 e. The van der Waals surface area contributed by atoms with Gasteiger partial charge < -0.3 is 14.7 Å². The quantitative estimate of drug-likeness (QED) is 0.709. The van der Waals surface area contributed by atoms with Crippen molar-refractivity contribution in [2.24, 2.45) is 0 Å². The summed E-state index contributed by atoms with van der Waals surface area (Å²) in [5.74, 6) is 1.24.